The third kappa shape index (κ3) is 4.22. The molecule has 0 aliphatic carbocycles. The number of carbonyl (C=O) groups is 1. The maximum atomic E-state index is 12.0. The molecule has 5 nitrogen and oxygen atoms in total. The molecule has 22 heavy (non-hydrogen) atoms. The van der Waals surface area contributed by atoms with Crippen molar-refractivity contribution in [1.29, 1.82) is 0 Å². The molecule has 0 atom stereocenters. The number of amides is 1. The monoisotopic (exact) mass is 299 g/mol. The Morgan fingerprint density at radius 3 is 2.86 bits per heavy atom. The zero-order valence-electron chi connectivity index (χ0n) is 12.9. The van der Waals surface area contributed by atoms with E-state index in [9.17, 15) is 4.79 Å². The van der Waals surface area contributed by atoms with E-state index < -0.39 is 0 Å². The van der Waals surface area contributed by atoms with E-state index in [1.54, 1.807) is 6.20 Å². The van der Waals surface area contributed by atoms with Crippen LogP contribution in [0.2, 0.25) is 0 Å². The van der Waals surface area contributed by atoms with Gasteiger partial charge in [-0.25, -0.2) is 4.98 Å². The number of nitrogens with one attached hydrogen (secondary N) is 1. The van der Waals surface area contributed by atoms with Crippen LogP contribution < -0.4 is 15.8 Å². The molecule has 0 unspecified atom stereocenters. The Morgan fingerprint density at radius 2 is 2.18 bits per heavy atom. The molecule has 2 rings (SSSR count). The van der Waals surface area contributed by atoms with Crippen molar-refractivity contribution in [2.75, 3.05) is 17.7 Å². The Kier molecular flexibility index (Phi) is 5.36. The predicted octanol–water partition coefficient (Wildman–Crippen LogP) is 2.94. The average Bonchev–Trinajstić information content (AvgIpc) is 2.50. The van der Waals surface area contributed by atoms with E-state index in [2.05, 4.69) is 10.3 Å². The van der Waals surface area contributed by atoms with Gasteiger partial charge in [-0.05, 0) is 49.6 Å². The summed E-state index contributed by atoms with van der Waals surface area (Å²) in [6.07, 6.45) is 2.66. The standard InChI is InChI=1S/C17H21N3O2/c1-3-22-15-8-6-13(11-14(15)18)7-9-16(21)20-17-12(2)5-4-10-19-17/h4-6,8,10-11H,3,7,9,18H2,1-2H3,(H,19,20,21). The van der Waals surface area contributed by atoms with Crippen molar-refractivity contribution < 1.29 is 9.53 Å². The molecule has 0 aliphatic rings. The van der Waals surface area contributed by atoms with Crippen LogP contribution in [0.1, 0.15) is 24.5 Å². The van der Waals surface area contributed by atoms with Crippen molar-refractivity contribution in [2.45, 2.75) is 26.7 Å². The number of anilines is 2. The van der Waals surface area contributed by atoms with Crippen molar-refractivity contribution in [3.8, 4) is 5.75 Å². The molecular weight excluding hydrogens is 278 g/mol. The van der Waals surface area contributed by atoms with Gasteiger partial charge in [-0.3, -0.25) is 4.79 Å². The summed E-state index contributed by atoms with van der Waals surface area (Å²) in [6, 6.07) is 9.38. The molecule has 2 aromatic rings. The maximum Gasteiger partial charge on any atom is 0.225 e. The van der Waals surface area contributed by atoms with Gasteiger partial charge in [-0.15, -0.1) is 0 Å². The second kappa shape index (κ2) is 7.45. The summed E-state index contributed by atoms with van der Waals surface area (Å²) in [6.45, 7) is 4.41. The highest BCUT2D eigenvalue weighted by Crippen LogP contribution is 2.23. The first kappa shape index (κ1) is 15.8. The minimum atomic E-state index is -0.0609. The molecule has 1 aromatic carbocycles. The van der Waals surface area contributed by atoms with Crippen LogP contribution in [0.4, 0.5) is 11.5 Å². The number of nitrogens with two attached hydrogens (primary N) is 1. The van der Waals surface area contributed by atoms with Crippen molar-refractivity contribution in [1.82, 2.24) is 4.98 Å². The Hall–Kier alpha value is -2.56. The summed E-state index contributed by atoms with van der Waals surface area (Å²) < 4.78 is 5.40. The third-order valence-corrected chi connectivity index (χ3v) is 3.28. The van der Waals surface area contributed by atoms with Gasteiger partial charge in [0.15, 0.2) is 0 Å². The molecule has 1 heterocycles. The maximum absolute atomic E-state index is 12.0. The van der Waals surface area contributed by atoms with Crippen LogP contribution in [0.3, 0.4) is 0 Å². The average molecular weight is 299 g/mol. The first-order valence-electron chi connectivity index (χ1n) is 7.32. The fraction of sp³-hybridized carbons (Fsp3) is 0.294. The minimum Gasteiger partial charge on any atom is -0.492 e. The number of nitrogen functional groups attached to an aromatic ring is 1. The third-order valence-electron chi connectivity index (χ3n) is 3.28. The van der Waals surface area contributed by atoms with Crippen molar-refractivity contribution in [3.63, 3.8) is 0 Å². The molecule has 0 spiro atoms. The quantitative estimate of drug-likeness (QED) is 0.804. The number of pyridine rings is 1. The Balaban J connectivity index is 1.91. The van der Waals surface area contributed by atoms with E-state index in [0.717, 1.165) is 11.1 Å². The van der Waals surface area contributed by atoms with Gasteiger partial charge in [0.1, 0.15) is 11.6 Å². The highest BCUT2D eigenvalue weighted by molar-refractivity contribution is 5.90. The van der Waals surface area contributed by atoms with Gasteiger partial charge in [0.25, 0.3) is 0 Å². The van der Waals surface area contributed by atoms with E-state index in [-0.39, 0.29) is 5.91 Å². The molecule has 5 heteroatoms. The van der Waals surface area contributed by atoms with Crippen LogP contribution in [0.25, 0.3) is 0 Å². The number of carbonyl (C=O) groups excluding carboxylic acids is 1. The van der Waals surface area contributed by atoms with Crippen LogP contribution >= 0.6 is 0 Å². The number of benzene rings is 1. The highest BCUT2D eigenvalue weighted by atomic mass is 16.5. The Labute approximate surface area is 130 Å². The first-order chi connectivity index (χ1) is 10.6. The largest absolute Gasteiger partial charge is 0.492 e. The molecule has 1 aromatic heterocycles. The van der Waals surface area contributed by atoms with Crippen LogP contribution in [0, 0.1) is 6.92 Å². The van der Waals surface area contributed by atoms with Crippen molar-refractivity contribution in [2.24, 2.45) is 0 Å². The molecule has 3 N–H and O–H groups in total. The lowest BCUT2D eigenvalue weighted by atomic mass is 10.1. The van der Waals surface area contributed by atoms with E-state index in [0.29, 0.717) is 36.7 Å². The normalized spacial score (nSPS) is 10.3. The zero-order valence-corrected chi connectivity index (χ0v) is 12.9. The summed E-state index contributed by atoms with van der Waals surface area (Å²) in [5, 5.41) is 2.82. The molecule has 0 radical (unpaired) electrons. The van der Waals surface area contributed by atoms with Gasteiger partial charge < -0.3 is 15.8 Å². The van der Waals surface area contributed by atoms with Crippen molar-refractivity contribution >= 4 is 17.4 Å². The number of hydrogen-bond donors (Lipinski definition) is 2. The summed E-state index contributed by atoms with van der Waals surface area (Å²) in [7, 11) is 0. The molecule has 116 valence electrons. The Bertz CT molecular complexity index is 656. The van der Waals surface area contributed by atoms with Crippen LogP contribution in [0.5, 0.6) is 5.75 Å². The molecule has 0 bridgehead atoms. The number of aromatic nitrogens is 1. The smallest absolute Gasteiger partial charge is 0.225 e. The second-order valence-electron chi connectivity index (χ2n) is 5.02. The van der Waals surface area contributed by atoms with Crippen LogP contribution in [-0.2, 0) is 11.2 Å². The highest BCUT2D eigenvalue weighted by Gasteiger charge is 2.07. The fourth-order valence-corrected chi connectivity index (χ4v) is 2.11. The summed E-state index contributed by atoms with van der Waals surface area (Å²) in [4.78, 5) is 16.1. The molecule has 0 saturated heterocycles. The second-order valence-corrected chi connectivity index (χ2v) is 5.02. The van der Waals surface area contributed by atoms with Crippen LogP contribution in [-0.4, -0.2) is 17.5 Å². The molecule has 0 fully saturated rings. The fourth-order valence-electron chi connectivity index (χ4n) is 2.11. The van der Waals surface area contributed by atoms with E-state index >= 15 is 0 Å². The number of nitrogens with zero attached hydrogens (tertiary/aromatic N) is 1. The summed E-state index contributed by atoms with van der Waals surface area (Å²) >= 11 is 0. The summed E-state index contributed by atoms with van der Waals surface area (Å²) in [5.41, 5.74) is 8.47. The lowest BCUT2D eigenvalue weighted by Gasteiger charge is -2.09. The number of ether oxygens (including phenoxy) is 1. The van der Waals surface area contributed by atoms with Gasteiger partial charge in [-0.2, -0.15) is 0 Å². The topological polar surface area (TPSA) is 77.2 Å². The molecule has 0 saturated carbocycles. The lowest BCUT2D eigenvalue weighted by molar-refractivity contribution is -0.116. The van der Waals surface area contributed by atoms with Gasteiger partial charge in [0.2, 0.25) is 5.91 Å². The number of aryl methyl sites for hydroxylation is 2. The number of rotatable bonds is 6. The SMILES string of the molecule is CCOc1ccc(CCC(=O)Nc2ncccc2C)cc1N. The van der Waals surface area contributed by atoms with Crippen molar-refractivity contribution in [3.05, 3.63) is 47.7 Å². The lowest BCUT2D eigenvalue weighted by Crippen LogP contribution is -2.14. The van der Waals surface area contributed by atoms with Gasteiger partial charge in [0.05, 0.1) is 12.3 Å². The Morgan fingerprint density at radius 1 is 1.36 bits per heavy atom. The molecule has 0 aliphatic heterocycles. The van der Waals surface area contributed by atoms with Crippen LogP contribution in [0.15, 0.2) is 36.5 Å². The van der Waals surface area contributed by atoms with E-state index in [1.807, 2.05) is 44.2 Å². The number of hydrogen-bond acceptors (Lipinski definition) is 4. The minimum absolute atomic E-state index is 0.0609. The molecule has 1 amide bonds. The zero-order chi connectivity index (χ0) is 15.9. The molecular formula is C17H21N3O2. The first-order valence-corrected chi connectivity index (χ1v) is 7.32. The van der Waals surface area contributed by atoms with Gasteiger partial charge >= 0.3 is 0 Å². The van der Waals surface area contributed by atoms with E-state index in [1.165, 1.54) is 0 Å². The summed E-state index contributed by atoms with van der Waals surface area (Å²) in [5.74, 6) is 1.23. The van der Waals surface area contributed by atoms with Gasteiger partial charge in [0, 0.05) is 12.6 Å². The van der Waals surface area contributed by atoms with E-state index in [4.69, 9.17) is 10.5 Å². The van der Waals surface area contributed by atoms with Gasteiger partial charge in [-0.1, -0.05) is 12.1 Å². The predicted molar refractivity (Wildman–Crippen MR) is 87.9 cm³/mol.